The molecule has 1 amide bonds. The number of aryl methyl sites for hydroxylation is 1. The minimum absolute atomic E-state index is 0.140. The summed E-state index contributed by atoms with van der Waals surface area (Å²) in [6.45, 7) is 3.21. The number of likely N-dealkylation sites (tertiary alicyclic amines) is 1. The maximum atomic E-state index is 14.0. The normalized spacial score (nSPS) is 16.8. The molecule has 1 aromatic carbocycles. The number of benzene rings is 1. The predicted molar refractivity (Wildman–Crippen MR) is 108 cm³/mol. The first-order valence-corrected chi connectivity index (χ1v) is 9.86. The summed E-state index contributed by atoms with van der Waals surface area (Å²) in [5.41, 5.74) is 2.76. The van der Waals surface area contributed by atoms with Crippen LogP contribution in [-0.2, 0) is 13.5 Å². The van der Waals surface area contributed by atoms with E-state index in [2.05, 4.69) is 9.97 Å². The lowest BCUT2D eigenvalue weighted by Gasteiger charge is -2.32. The molecule has 0 N–H and O–H groups in total. The van der Waals surface area contributed by atoms with Crippen LogP contribution in [0, 0.1) is 18.7 Å². The quantitative estimate of drug-likeness (QED) is 0.681. The van der Waals surface area contributed by atoms with Crippen molar-refractivity contribution in [3.63, 3.8) is 0 Å². The summed E-state index contributed by atoms with van der Waals surface area (Å²) in [7, 11) is 1.96. The fourth-order valence-corrected chi connectivity index (χ4v) is 3.89. The molecule has 150 valence electrons. The molecule has 1 atom stereocenters. The molecule has 4 rings (SSSR count). The van der Waals surface area contributed by atoms with Crippen molar-refractivity contribution in [3.05, 3.63) is 65.8 Å². The molecule has 29 heavy (non-hydrogen) atoms. The maximum Gasteiger partial charge on any atom is 0.256 e. The van der Waals surface area contributed by atoms with Gasteiger partial charge in [0.1, 0.15) is 17.3 Å². The topological polar surface area (TPSA) is 63.9 Å². The third-order valence-electron chi connectivity index (χ3n) is 5.58. The zero-order chi connectivity index (χ0) is 20.4. The molecule has 2 aromatic heterocycles. The first kappa shape index (κ1) is 19.2. The Balaban J connectivity index is 1.47. The highest BCUT2D eigenvalue weighted by molar-refractivity contribution is 5.94. The van der Waals surface area contributed by atoms with Crippen LogP contribution in [-0.4, -0.2) is 43.4 Å². The average Bonchev–Trinajstić information content (AvgIpc) is 3.07. The second kappa shape index (κ2) is 8.11. The number of aromatic nitrogens is 4. The van der Waals surface area contributed by atoms with Gasteiger partial charge in [0, 0.05) is 26.3 Å². The lowest BCUT2D eigenvalue weighted by Crippen LogP contribution is -2.40. The molecule has 0 unspecified atom stereocenters. The smallest absolute Gasteiger partial charge is 0.256 e. The van der Waals surface area contributed by atoms with E-state index in [0.717, 1.165) is 42.2 Å². The lowest BCUT2D eigenvalue weighted by molar-refractivity contribution is 0.0668. The third kappa shape index (κ3) is 4.04. The zero-order valence-corrected chi connectivity index (χ0v) is 16.7. The fraction of sp³-hybridized carbons (Fsp3) is 0.364. The van der Waals surface area contributed by atoms with Gasteiger partial charge in [-0.15, -0.1) is 0 Å². The van der Waals surface area contributed by atoms with Crippen molar-refractivity contribution in [3.8, 4) is 11.4 Å². The largest absolute Gasteiger partial charge is 0.338 e. The van der Waals surface area contributed by atoms with E-state index in [4.69, 9.17) is 4.98 Å². The minimum atomic E-state index is -0.468. The first-order valence-electron chi connectivity index (χ1n) is 9.86. The Kier molecular flexibility index (Phi) is 5.38. The second-order valence-corrected chi connectivity index (χ2v) is 7.59. The monoisotopic (exact) mass is 393 g/mol. The van der Waals surface area contributed by atoms with Crippen molar-refractivity contribution in [1.82, 2.24) is 24.4 Å². The molecule has 1 aliphatic heterocycles. The Morgan fingerprint density at radius 3 is 2.83 bits per heavy atom. The highest BCUT2D eigenvalue weighted by Gasteiger charge is 2.26. The van der Waals surface area contributed by atoms with Gasteiger partial charge in [-0.05, 0) is 44.2 Å². The summed E-state index contributed by atoms with van der Waals surface area (Å²) < 4.78 is 16.0. The standard InChI is InChI=1S/C22H24FN5O/c1-15-25-13-21(27(15)2)20-12-24-11-17(26-20)10-16-6-5-9-28(14-16)22(29)18-7-3-4-8-19(18)23/h3-4,7-8,11-13,16H,5-6,9-10,14H2,1-2H3/t16-/m1/s1. The van der Waals surface area contributed by atoms with Crippen LogP contribution < -0.4 is 0 Å². The van der Waals surface area contributed by atoms with Crippen molar-refractivity contribution < 1.29 is 9.18 Å². The summed E-state index contributed by atoms with van der Waals surface area (Å²) in [6.07, 6.45) is 7.98. The molecule has 1 saturated heterocycles. The Morgan fingerprint density at radius 1 is 1.24 bits per heavy atom. The van der Waals surface area contributed by atoms with Crippen LogP contribution in [0.15, 0.2) is 42.9 Å². The van der Waals surface area contributed by atoms with Gasteiger partial charge in [-0.1, -0.05) is 12.1 Å². The molecule has 1 fully saturated rings. The van der Waals surface area contributed by atoms with Crippen LogP contribution in [0.4, 0.5) is 4.39 Å². The van der Waals surface area contributed by atoms with Gasteiger partial charge in [0.25, 0.3) is 5.91 Å². The van der Waals surface area contributed by atoms with Crippen LogP contribution >= 0.6 is 0 Å². The van der Waals surface area contributed by atoms with E-state index >= 15 is 0 Å². The number of piperidine rings is 1. The van der Waals surface area contributed by atoms with Gasteiger partial charge < -0.3 is 9.47 Å². The number of rotatable bonds is 4. The van der Waals surface area contributed by atoms with Gasteiger partial charge in [0.15, 0.2) is 0 Å². The number of halogens is 1. The van der Waals surface area contributed by atoms with Gasteiger partial charge in [0.05, 0.1) is 29.3 Å². The number of carbonyl (C=O) groups is 1. The molecule has 0 spiro atoms. The van der Waals surface area contributed by atoms with Crippen LogP contribution in [0.5, 0.6) is 0 Å². The van der Waals surface area contributed by atoms with Crippen molar-refractivity contribution in [2.24, 2.45) is 13.0 Å². The summed E-state index contributed by atoms with van der Waals surface area (Å²) >= 11 is 0. The fourth-order valence-electron chi connectivity index (χ4n) is 3.89. The van der Waals surface area contributed by atoms with E-state index in [9.17, 15) is 9.18 Å². The van der Waals surface area contributed by atoms with Crippen molar-refractivity contribution in [2.75, 3.05) is 13.1 Å². The zero-order valence-electron chi connectivity index (χ0n) is 16.7. The summed E-state index contributed by atoms with van der Waals surface area (Å²) in [4.78, 5) is 28.0. The molecular weight excluding hydrogens is 369 g/mol. The third-order valence-corrected chi connectivity index (χ3v) is 5.58. The molecule has 7 heteroatoms. The molecule has 0 aliphatic carbocycles. The number of hydrogen-bond acceptors (Lipinski definition) is 4. The molecule has 1 aliphatic rings. The molecular formula is C22H24FN5O. The lowest BCUT2D eigenvalue weighted by atomic mass is 9.93. The van der Waals surface area contributed by atoms with E-state index in [1.807, 2.05) is 18.5 Å². The number of nitrogens with zero attached hydrogens (tertiary/aromatic N) is 5. The SMILES string of the molecule is Cc1ncc(-c2cncc(C[C@H]3CCCN(C(=O)c4ccccc4F)C3)n2)n1C. The summed E-state index contributed by atoms with van der Waals surface area (Å²) in [6, 6.07) is 6.17. The Labute approximate surface area is 169 Å². The number of amides is 1. The van der Waals surface area contributed by atoms with Crippen molar-refractivity contribution >= 4 is 5.91 Å². The van der Waals surface area contributed by atoms with E-state index in [0.29, 0.717) is 13.1 Å². The predicted octanol–water partition coefficient (Wildman–Crippen LogP) is 3.42. The van der Waals surface area contributed by atoms with Crippen LogP contribution in [0.25, 0.3) is 11.4 Å². The van der Waals surface area contributed by atoms with Crippen LogP contribution in [0.3, 0.4) is 0 Å². The average molecular weight is 393 g/mol. The summed E-state index contributed by atoms with van der Waals surface area (Å²) in [5.74, 6) is 0.488. The number of hydrogen-bond donors (Lipinski definition) is 0. The molecule has 3 aromatic rings. The van der Waals surface area contributed by atoms with Crippen molar-refractivity contribution in [1.29, 1.82) is 0 Å². The molecule has 3 heterocycles. The Hall–Kier alpha value is -3.09. The molecule has 6 nitrogen and oxygen atoms in total. The number of carbonyl (C=O) groups excluding carboxylic acids is 1. The summed E-state index contributed by atoms with van der Waals surface area (Å²) in [5, 5.41) is 0. The highest BCUT2D eigenvalue weighted by Crippen LogP contribution is 2.23. The van der Waals surface area contributed by atoms with Gasteiger partial charge in [-0.3, -0.25) is 9.78 Å². The first-order chi connectivity index (χ1) is 14.0. The van der Waals surface area contributed by atoms with Crippen LogP contribution in [0.2, 0.25) is 0 Å². The van der Waals surface area contributed by atoms with Crippen LogP contribution in [0.1, 0.15) is 34.7 Å². The Morgan fingerprint density at radius 2 is 2.07 bits per heavy atom. The van der Waals surface area contributed by atoms with E-state index in [1.54, 1.807) is 41.7 Å². The maximum absolute atomic E-state index is 14.0. The van der Waals surface area contributed by atoms with Gasteiger partial charge >= 0.3 is 0 Å². The van der Waals surface area contributed by atoms with Gasteiger partial charge in [-0.2, -0.15) is 0 Å². The molecule has 0 saturated carbocycles. The molecule has 0 radical (unpaired) electrons. The van der Waals surface area contributed by atoms with Gasteiger partial charge in [0.2, 0.25) is 0 Å². The number of imidazole rings is 1. The van der Waals surface area contributed by atoms with Crippen molar-refractivity contribution in [2.45, 2.75) is 26.2 Å². The minimum Gasteiger partial charge on any atom is -0.338 e. The van der Waals surface area contributed by atoms with Gasteiger partial charge in [-0.25, -0.2) is 14.4 Å². The van der Waals surface area contributed by atoms with E-state index in [1.165, 1.54) is 6.07 Å². The highest BCUT2D eigenvalue weighted by atomic mass is 19.1. The van der Waals surface area contributed by atoms with E-state index < -0.39 is 5.82 Å². The second-order valence-electron chi connectivity index (χ2n) is 7.59. The van der Waals surface area contributed by atoms with E-state index in [-0.39, 0.29) is 17.4 Å². The molecule has 0 bridgehead atoms. The Bertz CT molecular complexity index is 1030.